The van der Waals surface area contributed by atoms with Crippen LogP contribution >= 0.6 is 35.3 Å². The summed E-state index contributed by atoms with van der Waals surface area (Å²) < 4.78 is 0. The highest BCUT2D eigenvalue weighted by Gasteiger charge is 2.16. The molecule has 1 aromatic rings. The van der Waals surface area contributed by atoms with Gasteiger partial charge in [0.25, 0.3) is 0 Å². The third-order valence-electron chi connectivity index (χ3n) is 3.36. The Morgan fingerprint density at radius 3 is 2.65 bits per heavy atom. The van der Waals surface area contributed by atoms with E-state index in [1.165, 1.54) is 18.5 Å². The molecule has 6 heteroatoms. The van der Waals surface area contributed by atoms with Gasteiger partial charge in [-0.05, 0) is 23.4 Å². The third-order valence-corrected chi connectivity index (χ3v) is 4.38. The van der Waals surface area contributed by atoms with E-state index in [4.69, 9.17) is 0 Å². The van der Waals surface area contributed by atoms with Gasteiger partial charge >= 0.3 is 0 Å². The van der Waals surface area contributed by atoms with Crippen molar-refractivity contribution in [2.24, 2.45) is 4.99 Å². The van der Waals surface area contributed by atoms with Crippen LogP contribution in [0.2, 0.25) is 0 Å². The number of hydrogen-bond donors (Lipinski definition) is 0. The van der Waals surface area contributed by atoms with Crippen molar-refractivity contribution in [2.75, 3.05) is 47.8 Å². The van der Waals surface area contributed by atoms with Crippen molar-refractivity contribution in [1.82, 2.24) is 14.7 Å². The number of nitrogens with zero attached hydrogens (tertiary/aromatic N) is 4. The van der Waals surface area contributed by atoms with Crippen molar-refractivity contribution in [3.63, 3.8) is 0 Å². The Hall–Kier alpha value is -0.340. The van der Waals surface area contributed by atoms with Crippen molar-refractivity contribution >= 4 is 41.3 Å². The van der Waals surface area contributed by atoms with Crippen LogP contribution in [0.1, 0.15) is 10.4 Å². The molecule has 114 valence electrons. The summed E-state index contributed by atoms with van der Waals surface area (Å²) in [5, 5.41) is 2.21. The van der Waals surface area contributed by atoms with Crippen LogP contribution in [0.5, 0.6) is 0 Å². The second kappa shape index (κ2) is 8.19. The molecule has 2 rings (SSSR count). The number of fused-ring (bicyclic) bond motifs is 1. The van der Waals surface area contributed by atoms with Crippen LogP contribution in [0.4, 0.5) is 0 Å². The van der Waals surface area contributed by atoms with Gasteiger partial charge in [-0.2, -0.15) is 0 Å². The average molecular weight is 408 g/mol. The number of aliphatic imine (C=N–C) groups is 1. The Balaban J connectivity index is 0.00000200. The maximum Gasteiger partial charge on any atom is 0.195 e. The van der Waals surface area contributed by atoms with Gasteiger partial charge in [0.2, 0.25) is 0 Å². The van der Waals surface area contributed by atoms with E-state index in [1.54, 1.807) is 4.88 Å². The van der Waals surface area contributed by atoms with Gasteiger partial charge in [-0.15, -0.1) is 35.3 Å². The zero-order chi connectivity index (χ0) is 13.8. The molecule has 0 fully saturated rings. The molecular formula is C14H25IN4S. The van der Waals surface area contributed by atoms with Gasteiger partial charge in [0.15, 0.2) is 5.96 Å². The van der Waals surface area contributed by atoms with Gasteiger partial charge < -0.3 is 9.80 Å². The van der Waals surface area contributed by atoms with Crippen LogP contribution in [0.3, 0.4) is 0 Å². The van der Waals surface area contributed by atoms with Gasteiger partial charge in [-0.3, -0.25) is 9.89 Å². The fourth-order valence-corrected chi connectivity index (χ4v) is 3.36. The van der Waals surface area contributed by atoms with Crippen LogP contribution in [0.25, 0.3) is 0 Å². The summed E-state index contributed by atoms with van der Waals surface area (Å²) in [5.41, 5.74) is 1.51. The Bertz CT molecular complexity index is 432. The van der Waals surface area contributed by atoms with E-state index in [1.807, 2.05) is 39.5 Å². The predicted molar refractivity (Wildman–Crippen MR) is 98.4 cm³/mol. The average Bonchev–Trinajstić information content (AvgIpc) is 2.80. The summed E-state index contributed by atoms with van der Waals surface area (Å²) >= 11 is 1.90. The zero-order valence-corrected chi connectivity index (χ0v) is 15.9. The summed E-state index contributed by atoms with van der Waals surface area (Å²) in [5.74, 6) is 1.04. The first-order valence-corrected chi connectivity index (χ1v) is 7.62. The van der Waals surface area contributed by atoms with Crippen molar-refractivity contribution in [3.05, 3.63) is 21.9 Å². The predicted octanol–water partition coefficient (Wildman–Crippen LogP) is 2.20. The maximum absolute atomic E-state index is 4.69. The van der Waals surface area contributed by atoms with Crippen molar-refractivity contribution < 1.29 is 0 Å². The highest BCUT2D eigenvalue weighted by Crippen LogP contribution is 2.23. The van der Waals surface area contributed by atoms with Gasteiger partial charge in [-0.1, -0.05) is 0 Å². The molecule has 2 heterocycles. The van der Waals surface area contributed by atoms with E-state index in [-0.39, 0.29) is 24.0 Å². The van der Waals surface area contributed by atoms with Gasteiger partial charge in [0.1, 0.15) is 0 Å². The van der Waals surface area contributed by atoms with Crippen molar-refractivity contribution in [1.29, 1.82) is 0 Å². The number of guanidine groups is 1. The molecule has 0 aliphatic carbocycles. The van der Waals surface area contributed by atoms with Crippen LogP contribution in [0, 0.1) is 0 Å². The summed E-state index contributed by atoms with van der Waals surface area (Å²) in [4.78, 5) is 12.9. The van der Waals surface area contributed by atoms with Crippen molar-refractivity contribution in [2.45, 2.75) is 13.0 Å². The number of rotatable bonds is 3. The third kappa shape index (κ3) is 4.60. The minimum atomic E-state index is 0. The minimum absolute atomic E-state index is 0. The molecule has 0 spiro atoms. The molecule has 20 heavy (non-hydrogen) atoms. The lowest BCUT2D eigenvalue weighted by Crippen LogP contribution is -2.37. The Morgan fingerprint density at radius 2 is 2.00 bits per heavy atom. The largest absolute Gasteiger partial charge is 0.349 e. The minimum Gasteiger partial charge on any atom is -0.349 e. The molecule has 4 nitrogen and oxygen atoms in total. The van der Waals surface area contributed by atoms with Gasteiger partial charge in [-0.25, -0.2) is 0 Å². The highest BCUT2D eigenvalue weighted by molar-refractivity contribution is 14.0. The molecule has 0 atom stereocenters. The summed E-state index contributed by atoms with van der Waals surface area (Å²) in [7, 11) is 8.16. The Morgan fingerprint density at radius 1 is 1.30 bits per heavy atom. The van der Waals surface area contributed by atoms with Gasteiger partial charge in [0, 0.05) is 52.7 Å². The standard InChI is InChI=1S/C14H24N4S.HI/c1-16(2)14(17(3)4)15-7-9-18-8-5-13-12(11-18)6-10-19-13;/h6,10H,5,7-9,11H2,1-4H3;1H. The number of thiophene rings is 1. The molecule has 0 aromatic carbocycles. The van der Waals surface area contributed by atoms with E-state index in [2.05, 4.69) is 31.1 Å². The van der Waals surface area contributed by atoms with Crippen molar-refractivity contribution in [3.8, 4) is 0 Å². The van der Waals surface area contributed by atoms with Gasteiger partial charge in [0.05, 0.1) is 6.54 Å². The molecule has 0 saturated heterocycles. The van der Waals surface area contributed by atoms with E-state index >= 15 is 0 Å². The van der Waals surface area contributed by atoms with Crippen LogP contribution in [0.15, 0.2) is 16.4 Å². The van der Waals surface area contributed by atoms with E-state index in [0.717, 1.165) is 25.6 Å². The summed E-state index contributed by atoms with van der Waals surface area (Å²) in [6, 6.07) is 2.26. The molecule has 0 saturated carbocycles. The summed E-state index contributed by atoms with van der Waals surface area (Å²) in [6.45, 7) is 4.17. The fraction of sp³-hybridized carbons (Fsp3) is 0.643. The topological polar surface area (TPSA) is 22.1 Å². The van der Waals surface area contributed by atoms with E-state index < -0.39 is 0 Å². The van der Waals surface area contributed by atoms with E-state index in [9.17, 15) is 0 Å². The fourth-order valence-electron chi connectivity index (χ4n) is 2.47. The lowest BCUT2D eigenvalue weighted by atomic mass is 10.1. The molecule has 0 radical (unpaired) electrons. The first-order valence-electron chi connectivity index (χ1n) is 6.74. The lowest BCUT2D eigenvalue weighted by Gasteiger charge is -2.27. The number of halogens is 1. The first-order chi connectivity index (χ1) is 9.08. The van der Waals surface area contributed by atoms with E-state index in [0.29, 0.717) is 0 Å². The molecule has 1 aliphatic heterocycles. The molecule has 0 amide bonds. The molecular weight excluding hydrogens is 383 g/mol. The van der Waals surface area contributed by atoms with Crippen LogP contribution < -0.4 is 0 Å². The summed E-state index contributed by atoms with van der Waals surface area (Å²) in [6.07, 6.45) is 1.20. The maximum atomic E-state index is 4.69. The Labute approximate surface area is 143 Å². The quantitative estimate of drug-likeness (QED) is 0.435. The lowest BCUT2D eigenvalue weighted by molar-refractivity contribution is 0.263. The SMILES string of the molecule is CN(C)C(=NCCN1CCc2sccc2C1)N(C)C.I. The Kier molecular flexibility index (Phi) is 7.25. The highest BCUT2D eigenvalue weighted by atomic mass is 127. The van der Waals surface area contributed by atoms with Crippen LogP contribution in [-0.2, 0) is 13.0 Å². The normalized spacial score (nSPS) is 14.2. The van der Waals surface area contributed by atoms with Crippen LogP contribution in [-0.4, -0.2) is 68.5 Å². The second-order valence-corrected chi connectivity index (χ2v) is 6.37. The second-order valence-electron chi connectivity index (χ2n) is 5.37. The molecule has 0 N–H and O–H groups in total. The molecule has 1 aliphatic rings. The zero-order valence-electron chi connectivity index (χ0n) is 12.8. The molecule has 0 unspecified atom stereocenters. The number of hydrogen-bond acceptors (Lipinski definition) is 3. The molecule has 0 bridgehead atoms. The molecule has 1 aromatic heterocycles. The first kappa shape index (κ1) is 17.7. The smallest absolute Gasteiger partial charge is 0.195 e. The monoisotopic (exact) mass is 408 g/mol.